The first kappa shape index (κ1) is 14.7. The predicted molar refractivity (Wildman–Crippen MR) is 90.2 cm³/mol. The molecule has 3 heterocycles. The minimum atomic E-state index is 0.879. The number of likely N-dealkylation sites (tertiary alicyclic amines) is 1. The minimum Gasteiger partial charge on any atom is -0.370 e. The number of rotatable bonds is 4. The lowest BCUT2D eigenvalue weighted by atomic mass is 10.1. The molecule has 1 fully saturated rings. The number of anilines is 1. The fourth-order valence-electron chi connectivity index (χ4n) is 2.98. The number of piperidine rings is 1. The SMILES string of the molecule is CCNc1nc(CN2CCCCC2)nc2sc(C)c(C)c12. The van der Waals surface area contributed by atoms with Crippen molar-refractivity contribution in [3.63, 3.8) is 0 Å². The summed E-state index contributed by atoms with van der Waals surface area (Å²) in [5.41, 5.74) is 1.32. The van der Waals surface area contributed by atoms with Crippen molar-refractivity contribution in [1.29, 1.82) is 0 Å². The molecule has 2 aromatic heterocycles. The van der Waals surface area contributed by atoms with Gasteiger partial charge in [0.2, 0.25) is 0 Å². The number of hydrogen-bond donors (Lipinski definition) is 1. The average molecular weight is 304 g/mol. The van der Waals surface area contributed by atoms with Crippen molar-refractivity contribution in [1.82, 2.24) is 14.9 Å². The van der Waals surface area contributed by atoms with Gasteiger partial charge in [0.05, 0.1) is 11.9 Å². The molecule has 3 rings (SSSR count). The summed E-state index contributed by atoms with van der Waals surface area (Å²) in [6.07, 6.45) is 3.97. The molecule has 0 spiro atoms. The van der Waals surface area contributed by atoms with Gasteiger partial charge >= 0.3 is 0 Å². The van der Waals surface area contributed by atoms with Gasteiger partial charge in [-0.15, -0.1) is 11.3 Å². The molecule has 5 heteroatoms. The second kappa shape index (κ2) is 6.28. The fraction of sp³-hybridized carbons (Fsp3) is 0.625. The third-order valence-corrected chi connectivity index (χ3v) is 5.33. The molecule has 1 aliphatic heterocycles. The van der Waals surface area contributed by atoms with Crippen LogP contribution in [0.3, 0.4) is 0 Å². The highest BCUT2D eigenvalue weighted by Crippen LogP contribution is 2.33. The normalized spacial score (nSPS) is 16.5. The lowest BCUT2D eigenvalue weighted by Gasteiger charge is -2.25. The Labute approximate surface area is 130 Å². The van der Waals surface area contributed by atoms with E-state index < -0.39 is 0 Å². The Morgan fingerprint density at radius 3 is 2.62 bits per heavy atom. The lowest BCUT2D eigenvalue weighted by Crippen LogP contribution is -2.30. The molecule has 1 N–H and O–H groups in total. The first-order valence-electron chi connectivity index (χ1n) is 7.92. The maximum atomic E-state index is 4.82. The number of hydrogen-bond acceptors (Lipinski definition) is 5. The maximum absolute atomic E-state index is 4.82. The quantitative estimate of drug-likeness (QED) is 0.934. The largest absolute Gasteiger partial charge is 0.370 e. The summed E-state index contributed by atoms with van der Waals surface area (Å²) in [6, 6.07) is 0. The van der Waals surface area contributed by atoms with E-state index in [1.165, 1.54) is 48.2 Å². The Kier molecular flexibility index (Phi) is 4.40. The summed E-state index contributed by atoms with van der Waals surface area (Å²) in [6.45, 7) is 10.6. The number of aromatic nitrogens is 2. The smallest absolute Gasteiger partial charge is 0.146 e. The zero-order chi connectivity index (χ0) is 14.8. The van der Waals surface area contributed by atoms with Crippen LogP contribution >= 0.6 is 11.3 Å². The van der Waals surface area contributed by atoms with Gasteiger partial charge in [0.1, 0.15) is 16.5 Å². The van der Waals surface area contributed by atoms with Gasteiger partial charge in [-0.05, 0) is 52.3 Å². The summed E-state index contributed by atoms with van der Waals surface area (Å²) in [5.74, 6) is 1.97. The molecule has 0 radical (unpaired) electrons. The second-order valence-electron chi connectivity index (χ2n) is 5.82. The molecule has 0 atom stereocenters. The van der Waals surface area contributed by atoms with Gasteiger partial charge in [-0.1, -0.05) is 6.42 Å². The van der Waals surface area contributed by atoms with Crippen LogP contribution in [-0.2, 0) is 6.54 Å². The molecule has 0 saturated carbocycles. The minimum absolute atomic E-state index is 0.879. The van der Waals surface area contributed by atoms with Crippen LogP contribution < -0.4 is 5.32 Å². The van der Waals surface area contributed by atoms with Crippen molar-refractivity contribution in [3.8, 4) is 0 Å². The molecule has 0 aromatic carbocycles. The van der Waals surface area contributed by atoms with Gasteiger partial charge in [0.25, 0.3) is 0 Å². The van der Waals surface area contributed by atoms with Gasteiger partial charge in [-0.2, -0.15) is 0 Å². The number of aryl methyl sites for hydroxylation is 2. The van der Waals surface area contributed by atoms with Gasteiger partial charge in [0.15, 0.2) is 0 Å². The predicted octanol–water partition coefficient (Wildman–Crippen LogP) is 3.73. The van der Waals surface area contributed by atoms with Crippen molar-refractivity contribution in [2.24, 2.45) is 0 Å². The molecule has 0 bridgehead atoms. The summed E-state index contributed by atoms with van der Waals surface area (Å²) in [4.78, 5) is 14.6. The van der Waals surface area contributed by atoms with Gasteiger partial charge in [-0.25, -0.2) is 9.97 Å². The number of fused-ring (bicyclic) bond motifs is 1. The Bertz CT molecular complexity index is 629. The molecular formula is C16H24N4S. The van der Waals surface area contributed by atoms with Crippen molar-refractivity contribution < 1.29 is 0 Å². The van der Waals surface area contributed by atoms with E-state index in [1.807, 2.05) is 0 Å². The molecule has 2 aromatic rings. The molecule has 0 amide bonds. The van der Waals surface area contributed by atoms with Crippen LogP contribution in [0.25, 0.3) is 10.2 Å². The van der Waals surface area contributed by atoms with Crippen LogP contribution in [-0.4, -0.2) is 34.5 Å². The van der Waals surface area contributed by atoms with E-state index in [-0.39, 0.29) is 0 Å². The second-order valence-corrected chi connectivity index (χ2v) is 7.02. The monoisotopic (exact) mass is 304 g/mol. The Morgan fingerprint density at radius 2 is 1.90 bits per heavy atom. The molecule has 21 heavy (non-hydrogen) atoms. The van der Waals surface area contributed by atoms with Crippen LogP contribution in [0.2, 0.25) is 0 Å². The van der Waals surface area contributed by atoms with E-state index >= 15 is 0 Å². The van der Waals surface area contributed by atoms with E-state index in [9.17, 15) is 0 Å². The number of nitrogens with one attached hydrogen (secondary N) is 1. The van der Waals surface area contributed by atoms with Crippen LogP contribution in [0.1, 0.15) is 42.5 Å². The van der Waals surface area contributed by atoms with Crippen LogP contribution in [0.4, 0.5) is 5.82 Å². The van der Waals surface area contributed by atoms with Crippen LogP contribution in [0.5, 0.6) is 0 Å². The fourth-order valence-corrected chi connectivity index (χ4v) is 4.03. The Morgan fingerprint density at radius 1 is 1.14 bits per heavy atom. The molecule has 0 aliphatic carbocycles. The van der Waals surface area contributed by atoms with E-state index in [4.69, 9.17) is 9.97 Å². The van der Waals surface area contributed by atoms with Crippen LogP contribution in [0.15, 0.2) is 0 Å². The highest BCUT2D eigenvalue weighted by molar-refractivity contribution is 7.18. The first-order valence-corrected chi connectivity index (χ1v) is 8.73. The van der Waals surface area contributed by atoms with E-state index in [1.54, 1.807) is 11.3 Å². The third kappa shape index (κ3) is 3.04. The van der Waals surface area contributed by atoms with Gasteiger partial charge in [-0.3, -0.25) is 4.90 Å². The lowest BCUT2D eigenvalue weighted by molar-refractivity contribution is 0.216. The highest BCUT2D eigenvalue weighted by atomic mass is 32.1. The van der Waals surface area contributed by atoms with Crippen molar-refractivity contribution in [2.75, 3.05) is 25.0 Å². The zero-order valence-corrected chi connectivity index (χ0v) is 14.0. The van der Waals surface area contributed by atoms with E-state index in [0.717, 1.165) is 29.6 Å². The van der Waals surface area contributed by atoms with Crippen LogP contribution in [0, 0.1) is 13.8 Å². The molecule has 1 aliphatic rings. The summed E-state index contributed by atoms with van der Waals surface area (Å²) >= 11 is 1.79. The Hall–Kier alpha value is -1.20. The summed E-state index contributed by atoms with van der Waals surface area (Å²) < 4.78 is 0. The molecule has 1 saturated heterocycles. The summed E-state index contributed by atoms with van der Waals surface area (Å²) in [5, 5.41) is 4.63. The molecule has 4 nitrogen and oxygen atoms in total. The first-order chi connectivity index (χ1) is 10.2. The number of thiophene rings is 1. The molecule has 114 valence electrons. The van der Waals surface area contributed by atoms with Gasteiger partial charge in [0, 0.05) is 11.4 Å². The standard InChI is InChI=1S/C16H24N4S/c1-4-17-15-14-11(2)12(3)21-16(14)19-13(18-15)10-20-8-6-5-7-9-20/h4-10H2,1-3H3,(H,17,18,19). The van der Waals surface area contributed by atoms with E-state index in [0.29, 0.717) is 0 Å². The topological polar surface area (TPSA) is 41.1 Å². The molecular weight excluding hydrogens is 280 g/mol. The van der Waals surface area contributed by atoms with Crippen molar-refractivity contribution in [2.45, 2.75) is 46.6 Å². The Balaban J connectivity index is 1.95. The van der Waals surface area contributed by atoms with Gasteiger partial charge < -0.3 is 5.32 Å². The average Bonchev–Trinajstić information content (AvgIpc) is 2.75. The third-order valence-electron chi connectivity index (χ3n) is 4.23. The highest BCUT2D eigenvalue weighted by Gasteiger charge is 2.17. The van der Waals surface area contributed by atoms with Crippen molar-refractivity contribution >= 4 is 27.4 Å². The van der Waals surface area contributed by atoms with Crippen molar-refractivity contribution in [3.05, 3.63) is 16.3 Å². The summed E-state index contributed by atoms with van der Waals surface area (Å²) in [7, 11) is 0. The number of nitrogens with zero attached hydrogens (tertiary/aromatic N) is 3. The maximum Gasteiger partial charge on any atom is 0.146 e. The zero-order valence-electron chi connectivity index (χ0n) is 13.2. The molecule has 0 unspecified atom stereocenters. The van der Waals surface area contributed by atoms with E-state index in [2.05, 4.69) is 31.0 Å².